The lowest BCUT2D eigenvalue weighted by Crippen LogP contribution is -2.46. The van der Waals surface area contributed by atoms with Gasteiger partial charge in [0.05, 0.1) is 0 Å². The van der Waals surface area contributed by atoms with Crippen molar-refractivity contribution in [1.82, 2.24) is 0 Å². The molecule has 26 heavy (non-hydrogen) atoms. The molecule has 2 aliphatic rings. The molecule has 0 radical (unpaired) electrons. The summed E-state index contributed by atoms with van der Waals surface area (Å²) in [7, 11) is -0.835. The maximum absolute atomic E-state index is 6.71. The molecule has 0 N–H and O–H groups in total. The molecule has 2 atom stereocenters. The summed E-state index contributed by atoms with van der Waals surface area (Å²) in [4.78, 5) is 0. The average molecular weight is 359 g/mol. The van der Waals surface area contributed by atoms with Gasteiger partial charge < -0.3 is 4.43 Å². The Labute approximate surface area is 159 Å². The van der Waals surface area contributed by atoms with Gasteiger partial charge in [-0.05, 0) is 70.5 Å². The number of fused-ring (bicyclic) bond motifs is 2. The number of benzene rings is 2. The van der Waals surface area contributed by atoms with Gasteiger partial charge in [0.1, 0.15) is 5.60 Å². The van der Waals surface area contributed by atoms with E-state index >= 15 is 0 Å². The minimum atomic E-state index is -0.835. The van der Waals surface area contributed by atoms with E-state index in [1.165, 1.54) is 49.7 Å². The van der Waals surface area contributed by atoms with Crippen LogP contribution in [-0.2, 0) is 10.0 Å². The van der Waals surface area contributed by atoms with E-state index < -0.39 is 9.76 Å². The highest BCUT2D eigenvalue weighted by Crippen LogP contribution is 2.57. The van der Waals surface area contributed by atoms with E-state index in [1.54, 1.807) is 0 Å². The Bertz CT molecular complexity index is 982. The summed E-state index contributed by atoms with van der Waals surface area (Å²) in [6, 6.07) is 8.57. The highest BCUT2D eigenvalue weighted by molar-refractivity contribution is 6.59. The first-order valence-electron chi connectivity index (χ1n) is 9.30. The molecule has 2 aliphatic carbocycles. The molecule has 0 spiro atoms. The van der Waals surface area contributed by atoms with Crippen LogP contribution in [0.15, 0.2) is 43.5 Å². The van der Waals surface area contributed by atoms with Crippen LogP contribution >= 0.6 is 0 Å². The zero-order valence-electron chi connectivity index (χ0n) is 16.1. The normalized spacial score (nSPS) is 22.9. The van der Waals surface area contributed by atoms with Crippen molar-refractivity contribution >= 4 is 27.1 Å². The Morgan fingerprint density at radius 1 is 1.08 bits per heavy atom. The van der Waals surface area contributed by atoms with Gasteiger partial charge in [0.2, 0.25) is 0 Å². The molecule has 2 aromatic rings. The first kappa shape index (κ1) is 17.3. The first-order chi connectivity index (χ1) is 12.5. The Morgan fingerprint density at radius 2 is 1.81 bits per heavy atom. The second kappa shape index (κ2) is 5.93. The van der Waals surface area contributed by atoms with Crippen molar-refractivity contribution in [3.63, 3.8) is 0 Å². The Balaban J connectivity index is 1.72. The third-order valence-corrected chi connectivity index (χ3v) is 8.07. The summed E-state index contributed by atoms with van der Waals surface area (Å²) in [6.45, 7) is 17.2. The molecule has 0 aliphatic heterocycles. The maximum Gasteiger partial charge on any atom is 0.194 e. The van der Waals surface area contributed by atoms with Crippen molar-refractivity contribution < 1.29 is 4.43 Å². The van der Waals surface area contributed by atoms with Crippen LogP contribution in [0, 0.1) is 20.8 Å². The van der Waals surface area contributed by atoms with Gasteiger partial charge in [-0.15, -0.1) is 0 Å². The zero-order chi connectivity index (χ0) is 18.6. The van der Waals surface area contributed by atoms with Crippen LogP contribution in [0.5, 0.6) is 0 Å². The number of rotatable bonds is 5. The molecular formula is C24H26OSi. The predicted molar refractivity (Wildman–Crippen MR) is 115 cm³/mol. The lowest BCUT2D eigenvalue weighted by atomic mass is 9.60. The smallest absolute Gasteiger partial charge is 0.194 e. The van der Waals surface area contributed by atoms with E-state index in [1.807, 2.05) is 12.2 Å². The SMILES string of the molecule is C=Cc1c(C)c(C)c(C)c2c1C(C=C)(O[SiH2]C1=Cc3ccccc31)C2C. The number of hydrogen-bond donors (Lipinski definition) is 0. The molecule has 0 bridgehead atoms. The van der Waals surface area contributed by atoms with E-state index in [0.717, 1.165) is 0 Å². The lowest BCUT2D eigenvalue weighted by molar-refractivity contribution is 0.0707. The van der Waals surface area contributed by atoms with Crippen molar-refractivity contribution in [3.8, 4) is 0 Å². The van der Waals surface area contributed by atoms with E-state index in [0.29, 0.717) is 5.92 Å². The van der Waals surface area contributed by atoms with Crippen molar-refractivity contribution in [2.24, 2.45) is 0 Å². The molecule has 0 fully saturated rings. The molecular weight excluding hydrogens is 332 g/mol. The molecule has 2 unspecified atom stereocenters. The highest BCUT2D eigenvalue weighted by Gasteiger charge is 2.51. The third-order valence-electron chi connectivity index (χ3n) is 6.55. The fourth-order valence-corrected chi connectivity index (χ4v) is 6.42. The second-order valence-electron chi connectivity index (χ2n) is 7.55. The molecule has 0 saturated heterocycles. The first-order valence-corrected chi connectivity index (χ1v) is 10.6. The number of hydrogen-bond acceptors (Lipinski definition) is 1. The fraction of sp³-hybridized carbons (Fsp3) is 0.250. The monoisotopic (exact) mass is 358 g/mol. The Hall–Kier alpha value is -2.16. The van der Waals surface area contributed by atoms with Gasteiger partial charge in [-0.3, -0.25) is 0 Å². The van der Waals surface area contributed by atoms with Gasteiger partial charge >= 0.3 is 0 Å². The molecule has 132 valence electrons. The summed E-state index contributed by atoms with van der Waals surface area (Å²) in [5.74, 6) is 0.330. The molecule has 0 aromatic heterocycles. The van der Waals surface area contributed by atoms with Crippen LogP contribution in [0.25, 0.3) is 17.3 Å². The quantitative estimate of drug-likeness (QED) is 0.516. The van der Waals surface area contributed by atoms with Crippen LogP contribution in [-0.4, -0.2) is 9.76 Å². The van der Waals surface area contributed by atoms with Gasteiger partial charge in [-0.2, -0.15) is 0 Å². The van der Waals surface area contributed by atoms with Gasteiger partial charge in [0.15, 0.2) is 9.76 Å². The van der Waals surface area contributed by atoms with E-state index in [-0.39, 0.29) is 5.60 Å². The Kier molecular flexibility index (Phi) is 3.94. The third kappa shape index (κ3) is 2.06. The second-order valence-corrected chi connectivity index (χ2v) is 8.89. The fourth-order valence-electron chi connectivity index (χ4n) is 4.73. The van der Waals surface area contributed by atoms with Gasteiger partial charge in [-0.25, -0.2) is 0 Å². The van der Waals surface area contributed by atoms with Crippen molar-refractivity contribution in [2.75, 3.05) is 0 Å². The van der Waals surface area contributed by atoms with Gasteiger partial charge in [0, 0.05) is 5.92 Å². The summed E-state index contributed by atoms with van der Waals surface area (Å²) in [6.07, 6.45) is 6.30. The molecule has 4 rings (SSSR count). The van der Waals surface area contributed by atoms with Crippen LogP contribution in [0.3, 0.4) is 0 Å². The zero-order valence-corrected chi connectivity index (χ0v) is 17.6. The van der Waals surface area contributed by atoms with E-state index in [9.17, 15) is 0 Å². The predicted octanol–water partition coefficient (Wildman–Crippen LogP) is 5.37. The molecule has 2 heteroatoms. The standard InChI is InChI=1S/C24H26OSi/c1-7-19-15(4)14(3)16(5)22-17(6)24(8-2,23(19)22)25-26-21-13-18-11-9-10-12-20(18)21/h7-13,17H,1-2,26H2,3-6H3. The average Bonchev–Trinajstić information content (AvgIpc) is 2.63. The van der Waals surface area contributed by atoms with Crippen molar-refractivity contribution in [1.29, 1.82) is 0 Å². The van der Waals surface area contributed by atoms with Crippen LogP contribution in [0.4, 0.5) is 0 Å². The van der Waals surface area contributed by atoms with E-state index in [4.69, 9.17) is 4.43 Å². The van der Waals surface area contributed by atoms with Crippen molar-refractivity contribution in [2.45, 2.75) is 39.2 Å². The topological polar surface area (TPSA) is 9.23 Å². The summed E-state index contributed by atoms with van der Waals surface area (Å²) in [5, 5.41) is 1.41. The summed E-state index contributed by atoms with van der Waals surface area (Å²) >= 11 is 0. The molecule has 2 aromatic carbocycles. The molecule has 0 heterocycles. The van der Waals surface area contributed by atoms with E-state index in [2.05, 4.69) is 71.2 Å². The maximum atomic E-state index is 6.71. The van der Waals surface area contributed by atoms with Crippen LogP contribution in [0.2, 0.25) is 0 Å². The molecule has 0 saturated carbocycles. The minimum absolute atomic E-state index is 0.330. The Morgan fingerprint density at radius 3 is 2.46 bits per heavy atom. The lowest BCUT2D eigenvalue weighted by Gasteiger charge is -2.51. The van der Waals surface area contributed by atoms with Gasteiger partial charge in [0.25, 0.3) is 0 Å². The van der Waals surface area contributed by atoms with Gasteiger partial charge in [-0.1, -0.05) is 62.6 Å². The van der Waals surface area contributed by atoms with Crippen molar-refractivity contribution in [3.05, 3.63) is 88.0 Å². The molecule has 0 amide bonds. The molecule has 1 nitrogen and oxygen atoms in total. The highest BCUT2D eigenvalue weighted by atomic mass is 28.2. The van der Waals surface area contributed by atoms with Crippen LogP contribution < -0.4 is 0 Å². The summed E-state index contributed by atoms with van der Waals surface area (Å²) < 4.78 is 6.71. The minimum Gasteiger partial charge on any atom is -0.405 e. The van der Waals surface area contributed by atoms with Crippen LogP contribution in [0.1, 0.15) is 57.3 Å². The summed E-state index contributed by atoms with van der Waals surface area (Å²) in [5.41, 5.74) is 10.4. The largest absolute Gasteiger partial charge is 0.405 e.